The lowest BCUT2D eigenvalue weighted by Crippen LogP contribution is -2.28. The van der Waals surface area contributed by atoms with Gasteiger partial charge >= 0.3 is 0 Å². The molecule has 0 radical (unpaired) electrons. The number of amides is 1. The monoisotopic (exact) mass is 319 g/mol. The summed E-state index contributed by atoms with van der Waals surface area (Å²) >= 11 is 2.16. The van der Waals surface area contributed by atoms with Gasteiger partial charge < -0.3 is 4.90 Å². The van der Waals surface area contributed by atoms with Crippen molar-refractivity contribution in [1.82, 2.24) is 14.7 Å². The highest BCUT2D eigenvalue weighted by molar-refractivity contribution is 14.1. The number of aromatic nitrogens is 2. The first-order chi connectivity index (χ1) is 7.09. The van der Waals surface area contributed by atoms with E-state index >= 15 is 0 Å². The van der Waals surface area contributed by atoms with Crippen molar-refractivity contribution < 1.29 is 4.79 Å². The molecule has 1 amide bonds. The molecule has 0 bridgehead atoms. The molecule has 1 saturated heterocycles. The third kappa shape index (κ3) is 2.02. The van der Waals surface area contributed by atoms with Gasteiger partial charge in [0.1, 0.15) is 3.70 Å². The van der Waals surface area contributed by atoms with Crippen molar-refractivity contribution in [2.75, 3.05) is 13.1 Å². The second kappa shape index (κ2) is 4.11. The van der Waals surface area contributed by atoms with Crippen LogP contribution in [0.4, 0.5) is 0 Å². The lowest BCUT2D eigenvalue weighted by Gasteiger charge is -2.14. The minimum atomic E-state index is 0.122. The van der Waals surface area contributed by atoms with E-state index in [0.717, 1.165) is 28.8 Å². The van der Waals surface area contributed by atoms with E-state index in [1.54, 1.807) is 10.9 Å². The summed E-state index contributed by atoms with van der Waals surface area (Å²) in [7, 11) is 1.85. The van der Waals surface area contributed by atoms with Crippen LogP contribution in [0.15, 0.2) is 6.20 Å². The molecule has 0 saturated carbocycles. The van der Waals surface area contributed by atoms with E-state index in [2.05, 4.69) is 34.6 Å². The van der Waals surface area contributed by atoms with Crippen molar-refractivity contribution in [2.45, 2.75) is 13.3 Å². The molecule has 1 unspecified atom stereocenters. The molecule has 5 heteroatoms. The number of carbonyl (C=O) groups is 1. The highest BCUT2D eigenvalue weighted by Gasteiger charge is 2.26. The van der Waals surface area contributed by atoms with Crippen LogP contribution in [-0.2, 0) is 7.05 Å². The molecular formula is C10H14IN3O. The molecule has 0 aromatic carbocycles. The Morgan fingerprint density at radius 1 is 1.67 bits per heavy atom. The molecule has 1 aliphatic rings. The van der Waals surface area contributed by atoms with Gasteiger partial charge in [-0.2, -0.15) is 5.10 Å². The zero-order chi connectivity index (χ0) is 11.0. The van der Waals surface area contributed by atoms with Gasteiger partial charge in [0.2, 0.25) is 0 Å². The summed E-state index contributed by atoms with van der Waals surface area (Å²) in [5, 5.41) is 4.09. The van der Waals surface area contributed by atoms with Crippen LogP contribution in [0.5, 0.6) is 0 Å². The summed E-state index contributed by atoms with van der Waals surface area (Å²) < 4.78 is 2.64. The molecule has 1 aromatic heterocycles. The third-order valence-corrected chi connectivity index (χ3v) is 4.09. The van der Waals surface area contributed by atoms with Gasteiger partial charge in [0.05, 0.1) is 11.8 Å². The predicted molar refractivity (Wildman–Crippen MR) is 65.6 cm³/mol. The highest BCUT2D eigenvalue weighted by Crippen LogP contribution is 2.20. The van der Waals surface area contributed by atoms with E-state index < -0.39 is 0 Å². The van der Waals surface area contributed by atoms with Crippen molar-refractivity contribution >= 4 is 28.5 Å². The molecule has 1 aliphatic heterocycles. The van der Waals surface area contributed by atoms with E-state index in [1.807, 2.05) is 11.9 Å². The zero-order valence-electron chi connectivity index (χ0n) is 8.90. The Kier molecular flexibility index (Phi) is 2.99. The first-order valence-electron chi connectivity index (χ1n) is 5.06. The van der Waals surface area contributed by atoms with Crippen LogP contribution in [0.3, 0.4) is 0 Å². The number of likely N-dealkylation sites (tertiary alicyclic amines) is 1. The third-order valence-electron chi connectivity index (χ3n) is 2.81. The molecular weight excluding hydrogens is 305 g/mol. The first kappa shape index (κ1) is 10.9. The zero-order valence-corrected chi connectivity index (χ0v) is 11.1. The fourth-order valence-electron chi connectivity index (χ4n) is 1.86. The Morgan fingerprint density at radius 3 is 2.87 bits per heavy atom. The minimum Gasteiger partial charge on any atom is -0.338 e. The smallest absolute Gasteiger partial charge is 0.258 e. The number of hydrogen-bond donors (Lipinski definition) is 0. The van der Waals surface area contributed by atoms with E-state index in [9.17, 15) is 4.79 Å². The second-order valence-corrected chi connectivity index (χ2v) is 5.14. The van der Waals surface area contributed by atoms with Crippen LogP contribution in [-0.4, -0.2) is 33.7 Å². The summed E-state index contributed by atoms with van der Waals surface area (Å²) in [6.45, 7) is 3.94. The first-order valence-corrected chi connectivity index (χ1v) is 6.14. The van der Waals surface area contributed by atoms with Gasteiger partial charge in [0, 0.05) is 20.1 Å². The number of carbonyl (C=O) groups excluding carboxylic acids is 1. The fraction of sp³-hybridized carbons (Fsp3) is 0.600. The standard InChI is InChI=1S/C10H14IN3O/c1-7-3-4-14(6-7)10(15)8-5-12-13(2)9(8)11/h5,7H,3-4,6H2,1-2H3. The highest BCUT2D eigenvalue weighted by atomic mass is 127. The predicted octanol–water partition coefficient (Wildman–Crippen LogP) is 1.51. The molecule has 82 valence electrons. The Labute approximate surface area is 103 Å². The average Bonchev–Trinajstić information content (AvgIpc) is 2.75. The van der Waals surface area contributed by atoms with Gasteiger partial charge in [0.15, 0.2) is 0 Å². The summed E-state index contributed by atoms with van der Waals surface area (Å²) in [6.07, 6.45) is 2.77. The van der Waals surface area contributed by atoms with Crippen LogP contribution >= 0.6 is 22.6 Å². The Morgan fingerprint density at radius 2 is 2.40 bits per heavy atom. The van der Waals surface area contributed by atoms with E-state index in [-0.39, 0.29) is 5.91 Å². The molecule has 1 atom stereocenters. The van der Waals surface area contributed by atoms with Crippen molar-refractivity contribution in [1.29, 1.82) is 0 Å². The number of aryl methyl sites for hydroxylation is 1. The van der Waals surface area contributed by atoms with Crippen molar-refractivity contribution in [2.24, 2.45) is 13.0 Å². The lowest BCUT2D eigenvalue weighted by atomic mass is 10.2. The van der Waals surface area contributed by atoms with E-state index in [4.69, 9.17) is 0 Å². The maximum Gasteiger partial charge on any atom is 0.258 e. The Bertz CT molecular complexity index is 388. The Balaban J connectivity index is 2.18. The Hall–Kier alpha value is -0.590. The molecule has 1 aromatic rings. The largest absolute Gasteiger partial charge is 0.338 e. The lowest BCUT2D eigenvalue weighted by molar-refractivity contribution is 0.0787. The van der Waals surface area contributed by atoms with Gasteiger partial charge in [-0.1, -0.05) is 6.92 Å². The van der Waals surface area contributed by atoms with Gasteiger partial charge in [-0.25, -0.2) is 0 Å². The molecule has 0 N–H and O–H groups in total. The average molecular weight is 319 g/mol. The second-order valence-electron chi connectivity index (χ2n) is 4.12. The quantitative estimate of drug-likeness (QED) is 0.736. The maximum atomic E-state index is 12.1. The van der Waals surface area contributed by atoms with Crippen LogP contribution in [0.1, 0.15) is 23.7 Å². The molecule has 1 fully saturated rings. The van der Waals surface area contributed by atoms with Crippen LogP contribution in [0, 0.1) is 9.62 Å². The summed E-state index contributed by atoms with van der Waals surface area (Å²) in [5.41, 5.74) is 0.729. The van der Waals surface area contributed by atoms with Crippen molar-refractivity contribution in [3.63, 3.8) is 0 Å². The SMILES string of the molecule is CC1CCN(C(=O)c2cnn(C)c2I)C1. The number of hydrogen-bond acceptors (Lipinski definition) is 2. The van der Waals surface area contributed by atoms with Gasteiger partial charge in [0.25, 0.3) is 5.91 Å². The van der Waals surface area contributed by atoms with Gasteiger partial charge in [-0.05, 0) is 34.9 Å². The molecule has 15 heavy (non-hydrogen) atoms. The van der Waals surface area contributed by atoms with Crippen molar-refractivity contribution in [3.8, 4) is 0 Å². The fourth-order valence-corrected chi connectivity index (χ4v) is 2.35. The van der Waals surface area contributed by atoms with Crippen LogP contribution < -0.4 is 0 Å². The topological polar surface area (TPSA) is 38.1 Å². The molecule has 0 aliphatic carbocycles. The summed E-state index contributed by atoms with van der Waals surface area (Å²) in [6, 6.07) is 0. The number of halogens is 1. The molecule has 2 heterocycles. The summed E-state index contributed by atoms with van der Waals surface area (Å²) in [4.78, 5) is 14.0. The van der Waals surface area contributed by atoms with Crippen LogP contribution in [0.25, 0.3) is 0 Å². The normalized spacial score (nSPS) is 21.0. The van der Waals surface area contributed by atoms with Gasteiger partial charge in [-0.15, -0.1) is 0 Å². The molecule has 4 nitrogen and oxygen atoms in total. The van der Waals surface area contributed by atoms with E-state index in [0.29, 0.717) is 5.92 Å². The van der Waals surface area contributed by atoms with Gasteiger partial charge in [-0.3, -0.25) is 9.48 Å². The maximum absolute atomic E-state index is 12.1. The molecule has 2 rings (SSSR count). The minimum absolute atomic E-state index is 0.122. The van der Waals surface area contributed by atoms with Crippen LogP contribution in [0.2, 0.25) is 0 Å². The molecule has 0 spiro atoms. The summed E-state index contributed by atoms with van der Waals surface area (Å²) in [5.74, 6) is 0.750. The van der Waals surface area contributed by atoms with Crippen molar-refractivity contribution in [3.05, 3.63) is 15.5 Å². The van der Waals surface area contributed by atoms with E-state index in [1.165, 1.54) is 0 Å². The number of rotatable bonds is 1. The number of nitrogens with zero attached hydrogens (tertiary/aromatic N) is 3.